The molecule has 0 aliphatic heterocycles. The molecule has 0 saturated heterocycles. The van der Waals surface area contributed by atoms with E-state index in [0.29, 0.717) is 6.54 Å². The van der Waals surface area contributed by atoms with Crippen molar-refractivity contribution in [1.82, 2.24) is 0 Å². The number of benzene rings is 2. The summed E-state index contributed by atoms with van der Waals surface area (Å²) in [6.45, 7) is 8.76. The normalized spacial score (nSPS) is 11.8. The van der Waals surface area contributed by atoms with Gasteiger partial charge >= 0.3 is 164 Å². The van der Waals surface area contributed by atoms with Crippen LogP contribution in [0.2, 0.25) is 0 Å². The van der Waals surface area contributed by atoms with E-state index >= 15 is 0 Å². The molecule has 31 heavy (non-hydrogen) atoms. The van der Waals surface area contributed by atoms with E-state index in [9.17, 15) is 0 Å². The number of rotatable bonds is 4. The zero-order chi connectivity index (χ0) is 23.4. The fourth-order valence-corrected chi connectivity index (χ4v) is 3.12. The van der Waals surface area contributed by atoms with E-state index in [1.807, 2.05) is 12.2 Å². The molecule has 1 aliphatic rings. The Morgan fingerprint density at radius 1 is 0.742 bits per heavy atom. The minimum atomic E-state index is 0.500. The number of hydrogen-bond donors (Lipinski definition) is 1. The molecule has 2 N–H and O–H groups in total. The minimum Gasteiger partial charge on any atom is -0.360 e. The summed E-state index contributed by atoms with van der Waals surface area (Å²) in [4.78, 5) is 4.23. The summed E-state index contributed by atoms with van der Waals surface area (Å²) in [6, 6.07) is 17.4. The van der Waals surface area contributed by atoms with Crippen LogP contribution < -0.4 is 15.5 Å². The Morgan fingerprint density at radius 3 is 1.35 bits per heavy atom. The molecule has 4 heteroatoms. The van der Waals surface area contributed by atoms with E-state index in [0.717, 1.165) is 4.49 Å². The summed E-state index contributed by atoms with van der Waals surface area (Å²) in [7, 11) is 8.23. The van der Waals surface area contributed by atoms with Crippen molar-refractivity contribution in [3.63, 3.8) is 0 Å². The maximum atomic E-state index is 4.95. The molecule has 1 aliphatic carbocycles. The van der Waals surface area contributed by atoms with Crippen molar-refractivity contribution in [1.29, 1.82) is 0 Å². The first-order valence-corrected chi connectivity index (χ1v) is 10.7. The molecule has 170 valence electrons. The van der Waals surface area contributed by atoms with E-state index in [1.54, 1.807) is 6.92 Å². The van der Waals surface area contributed by atoms with Gasteiger partial charge in [0.25, 0.3) is 0 Å². The van der Waals surface area contributed by atoms with Crippen LogP contribution in [0.1, 0.15) is 18.1 Å². The van der Waals surface area contributed by atoms with Crippen molar-refractivity contribution in [2.45, 2.75) is 6.92 Å². The molecule has 0 bridgehead atoms. The quantitative estimate of drug-likeness (QED) is 0.510. The van der Waals surface area contributed by atoms with E-state index in [2.05, 4.69) is 113 Å². The molecule has 0 amide bonds. The molecule has 0 heterocycles. The SMILES string of the molecule is CN(C)c1ccc(C(=C2C=C[C](=[Ni])C=C2)c2ccc(N(C)C)cc2)cc1.[CH2-]C.[CH2-]CN. The number of hydrogen-bond acceptors (Lipinski definition) is 3. The van der Waals surface area contributed by atoms with Gasteiger partial charge in [0.05, 0.1) is 0 Å². The van der Waals surface area contributed by atoms with Gasteiger partial charge in [-0.15, -0.1) is 6.54 Å². The molecule has 2 aromatic carbocycles. The Bertz CT molecular complexity index is 831. The van der Waals surface area contributed by atoms with Crippen LogP contribution >= 0.6 is 0 Å². The zero-order valence-electron chi connectivity index (χ0n) is 19.3. The topological polar surface area (TPSA) is 32.5 Å². The molecule has 0 atom stereocenters. The molecule has 3 nitrogen and oxygen atoms in total. The van der Waals surface area contributed by atoms with Gasteiger partial charge in [-0.25, -0.2) is 0 Å². The number of allylic oxidation sites excluding steroid dienone is 5. The second-order valence-corrected chi connectivity index (χ2v) is 7.59. The Morgan fingerprint density at radius 2 is 1.06 bits per heavy atom. The molecule has 0 aromatic heterocycles. The first kappa shape index (κ1) is 26.6. The zero-order valence-corrected chi connectivity index (χ0v) is 20.3. The Kier molecular flexibility index (Phi) is 11.8. The average molecular weight is 460 g/mol. The van der Waals surface area contributed by atoms with Crippen LogP contribution in [0, 0.1) is 13.8 Å². The second-order valence-electron chi connectivity index (χ2n) is 7.02. The Hall–Kier alpha value is -2.42. The van der Waals surface area contributed by atoms with E-state index in [4.69, 9.17) is 20.8 Å². The minimum absolute atomic E-state index is 0.500. The summed E-state index contributed by atoms with van der Waals surface area (Å²) in [6.07, 6.45) is 8.26. The van der Waals surface area contributed by atoms with E-state index in [1.165, 1.54) is 33.6 Å². The van der Waals surface area contributed by atoms with Gasteiger partial charge in [0.2, 0.25) is 0 Å². The molecule has 0 fully saturated rings. The standard InChI is InChI=1S/C23H24N2.C2H6N.C2H5.Ni/c1-24(2)21-14-10-19(11-15-21)23(18-8-6-5-7-9-18)20-12-16-22(17-13-20)25(3)4;1-2-3;1-2;/h6-17H,1-4H3;1-3H2;1H2,2H3;/q;2*-1;. The predicted molar refractivity (Wildman–Crippen MR) is 136 cm³/mol. The van der Waals surface area contributed by atoms with Crippen molar-refractivity contribution in [2.75, 3.05) is 44.5 Å². The fourth-order valence-electron chi connectivity index (χ4n) is 2.96. The van der Waals surface area contributed by atoms with Crippen molar-refractivity contribution in [3.8, 4) is 0 Å². The molecule has 0 saturated carbocycles. The molecule has 2 aromatic rings. The van der Waals surface area contributed by atoms with Crippen LogP contribution in [-0.2, 0) is 15.0 Å². The van der Waals surface area contributed by atoms with Crippen molar-refractivity contribution < 1.29 is 15.0 Å². The van der Waals surface area contributed by atoms with Gasteiger partial charge in [-0.1, -0.05) is 0 Å². The molecule has 0 unspecified atom stereocenters. The molecule has 0 spiro atoms. The van der Waals surface area contributed by atoms with Crippen LogP contribution in [0.15, 0.2) is 78.4 Å². The number of anilines is 2. The first-order valence-electron chi connectivity index (χ1n) is 10.2. The van der Waals surface area contributed by atoms with Crippen LogP contribution in [0.3, 0.4) is 0 Å². The largest absolute Gasteiger partial charge is 0.360 e. The molecular weight excluding hydrogens is 425 g/mol. The van der Waals surface area contributed by atoms with Gasteiger partial charge in [0.1, 0.15) is 0 Å². The monoisotopic (exact) mass is 459 g/mol. The van der Waals surface area contributed by atoms with Gasteiger partial charge in [-0.05, 0) is 0 Å². The summed E-state index contributed by atoms with van der Waals surface area (Å²) in [5.74, 6) is 0. The number of nitrogens with two attached hydrogens (primary N) is 1. The third-order valence-corrected chi connectivity index (χ3v) is 4.79. The molecule has 3 rings (SSSR count). The van der Waals surface area contributed by atoms with Gasteiger partial charge in [-0.3, -0.25) is 0 Å². The summed E-state index contributed by atoms with van der Waals surface area (Å²) < 4.78 is 0.902. The summed E-state index contributed by atoms with van der Waals surface area (Å²) in [5, 5.41) is 0. The molecule has 0 radical (unpaired) electrons. The van der Waals surface area contributed by atoms with Gasteiger partial charge in [-0.2, -0.15) is 6.92 Å². The average Bonchev–Trinajstić information content (AvgIpc) is 2.78. The van der Waals surface area contributed by atoms with Crippen LogP contribution in [0.4, 0.5) is 11.4 Å². The van der Waals surface area contributed by atoms with Gasteiger partial charge in [0, 0.05) is 0 Å². The molecular formula is C27H35N3Ni-2. The Labute approximate surface area is 196 Å². The van der Waals surface area contributed by atoms with Crippen LogP contribution in [0.5, 0.6) is 0 Å². The second kappa shape index (κ2) is 13.8. The van der Waals surface area contributed by atoms with Crippen molar-refractivity contribution in [2.24, 2.45) is 5.73 Å². The smallest absolute Gasteiger partial charge is 0.135 e. The third-order valence-electron chi connectivity index (χ3n) is 4.46. The van der Waals surface area contributed by atoms with Crippen LogP contribution in [-0.4, -0.2) is 39.2 Å². The summed E-state index contributed by atoms with van der Waals surface area (Å²) >= 11 is 4.95. The van der Waals surface area contributed by atoms with Crippen molar-refractivity contribution >= 4 is 21.4 Å². The van der Waals surface area contributed by atoms with Crippen molar-refractivity contribution in [3.05, 3.63) is 103 Å². The van der Waals surface area contributed by atoms with Gasteiger partial charge < -0.3 is 19.6 Å². The van der Waals surface area contributed by atoms with Crippen LogP contribution in [0.25, 0.3) is 5.57 Å². The Balaban J connectivity index is 0.000000884. The summed E-state index contributed by atoms with van der Waals surface area (Å²) in [5.41, 5.74) is 11.9. The predicted octanol–water partition coefficient (Wildman–Crippen LogP) is 5.09. The first-order chi connectivity index (χ1) is 14.9. The van der Waals surface area contributed by atoms with E-state index < -0.39 is 0 Å². The fraction of sp³-hybridized carbons (Fsp3) is 0.222. The third kappa shape index (κ3) is 7.97. The van der Waals surface area contributed by atoms with Gasteiger partial charge in [0.15, 0.2) is 0 Å². The maximum absolute atomic E-state index is 4.95. The number of nitrogens with zero attached hydrogens (tertiary/aromatic N) is 2. The van der Waals surface area contributed by atoms with E-state index in [-0.39, 0.29) is 0 Å². The maximum Gasteiger partial charge on any atom is -0.135 e.